The second-order valence-electron chi connectivity index (χ2n) is 5.99. The van der Waals surface area contributed by atoms with Gasteiger partial charge in [0.25, 0.3) is 0 Å². The predicted molar refractivity (Wildman–Crippen MR) is 72.0 cm³/mol. The van der Waals surface area contributed by atoms with Gasteiger partial charge in [0.1, 0.15) is 11.1 Å². The molecular formula is C14H23N3O3. The second-order valence-corrected chi connectivity index (χ2v) is 5.99. The van der Waals surface area contributed by atoms with Crippen LogP contribution in [0, 0.1) is 0 Å². The van der Waals surface area contributed by atoms with E-state index in [2.05, 4.69) is 10.1 Å². The SMILES string of the molecule is COC1(c2noc(C3(N)CCOC3)n2)CCCCCC1. The van der Waals surface area contributed by atoms with Crippen LogP contribution in [0.4, 0.5) is 0 Å². The Hall–Kier alpha value is -0.980. The van der Waals surface area contributed by atoms with Gasteiger partial charge in [0, 0.05) is 13.7 Å². The van der Waals surface area contributed by atoms with Crippen LogP contribution < -0.4 is 5.73 Å². The van der Waals surface area contributed by atoms with Crippen LogP contribution in [0.3, 0.4) is 0 Å². The van der Waals surface area contributed by atoms with E-state index in [0.29, 0.717) is 31.3 Å². The molecule has 1 aromatic rings. The van der Waals surface area contributed by atoms with Crippen LogP contribution in [-0.4, -0.2) is 30.5 Å². The molecule has 1 aliphatic carbocycles. The number of nitrogens with zero attached hydrogens (tertiary/aromatic N) is 2. The Kier molecular flexibility index (Phi) is 3.79. The highest BCUT2D eigenvalue weighted by Crippen LogP contribution is 2.38. The van der Waals surface area contributed by atoms with Crippen LogP contribution in [0.1, 0.15) is 56.7 Å². The third-order valence-electron chi connectivity index (χ3n) is 4.61. The minimum absolute atomic E-state index is 0.409. The van der Waals surface area contributed by atoms with Crippen molar-refractivity contribution in [1.82, 2.24) is 10.1 Å². The number of hydrogen-bond donors (Lipinski definition) is 1. The van der Waals surface area contributed by atoms with Gasteiger partial charge in [0.2, 0.25) is 11.7 Å². The van der Waals surface area contributed by atoms with Crippen molar-refractivity contribution in [1.29, 1.82) is 0 Å². The van der Waals surface area contributed by atoms with Gasteiger partial charge in [-0.25, -0.2) is 0 Å². The van der Waals surface area contributed by atoms with Crippen molar-refractivity contribution in [3.63, 3.8) is 0 Å². The maximum Gasteiger partial charge on any atom is 0.249 e. The molecule has 0 aromatic carbocycles. The lowest BCUT2D eigenvalue weighted by Gasteiger charge is -2.27. The normalized spacial score (nSPS) is 30.3. The Balaban J connectivity index is 1.87. The average molecular weight is 281 g/mol. The van der Waals surface area contributed by atoms with Crippen molar-refractivity contribution in [2.45, 2.75) is 56.1 Å². The topological polar surface area (TPSA) is 83.4 Å². The highest BCUT2D eigenvalue weighted by molar-refractivity contribution is 5.09. The Bertz CT molecular complexity index is 446. The number of methoxy groups -OCH3 is 1. The number of aromatic nitrogens is 2. The van der Waals surface area contributed by atoms with Crippen molar-refractivity contribution in [3.8, 4) is 0 Å². The highest BCUT2D eigenvalue weighted by Gasteiger charge is 2.42. The molecule has 0 amide bonds. The molecule has 2 fully saturated rings. The Morgan fingerprint density at radius 1 is 1.15 bits per heavy atom. The van der Waals surface area contributed by atoms with E-state index in [-0.39, 0.29) is 0 Å². The van der Waals surface area contributed by atoms with Crippen LogP contribution >= 0.6 is 0 Å². The molecule has 112 valence electrons. The van der Waals surface area contributed by atoms with Gasteiger partial charge in [0.15, 0.2) is 0 Å². The summed E-state index contributed by atoms with van der Waals surface area (Å²) >= 11 is 0. The molecule has 0 bridgehead atoms. The lowest BCUT2D eigenvalue weighted by atomic mass is 9.93. The Morgan fingerprint density at radius 2 is 1.90 bits per heavy atom. The van der Waals surface area contributed by atoms with Crippen molar-refractivity contribution < 1.29 is 14.0 Å². The third kappa shape index (κ3) is 2.36. The molecule has 1 saturated heterocycles. The maximum absolute atomic E-state index is 6.28. The molecule has 0 radical (unpaired) electrons. The molecule has 1 atom stereocenters. The number of hydrogen-bond acceptors (Lipinski definition) is 6. The van der Waals surface area contributed by atoms with E-state index in [1.807, 2.05) is 0 Å². The van der Waals surface area contributed by atoms with E-state index in [9.17, 15) is 0 Å². The molecule has 2 N–H and O–H groups in total. The van der Waals surface area contributed by atoms with Crippen molar-refractivity contribution in [2.24, 2.45) is 5.73 Å². The summed E-state index contributed by atoms with van der Waals surface area (Å²) in [6, 6.07) is 0. The smallest absolute Gasteiger partial charge is 0.249 e. The Morgan fingerprint density at radius 3 is 2.50 bits per heavy atom. The first-order valence-corrected chi connectivity index (χ1v) is 7.45. The molecule has 1 aliphatic heterocycles. The first kappa shape index (κ1) is 14.0. The highest BCUT2D eigenvalue weighted by atomic mass is 16.5. The molecule has 6 nitrogen and oxygen atoms in total. The minimum Gasteiger partial charge on any atom is -0.379 e. The van der Waals surface area contributed by atoms with Crippen LogP contribution in [0.25, 0.3) is 0 Å². The fourth-order valence-corrected chi connectivity index (χ4v) is 3.18. The molecule has 2 aliphatic rings. The second kappa shape index (κ2) is 5.42. The zero-order valence-corrected chi connectivity index (χ0v) is 12.1. The zero-order chi connectivity index (χ0) is 14.1. The maximum atomic E-state index is 6.28. The number of rotatable bonds is 3. The fraction of sp³-hybridized carbons (Fsp3) is 0.857. The molecule has 0 spiro atoms. The molecule has 2 heterocycles. The zero-order valence-electron chi connectivity index (χ0n) is 12.1. The van der Waals surface area contributed by atoms with E-state index in [1.54, 1.807) is 7.11 Å². The summed E-state index contributed by atoms with van der Waals surface area (Å²) in [5, 5.41) is 4.17. The summed E-state index contributed by atoms with van der Waals surface area (Å²) in [7, 11) is 1.73. The third-order valence-corrected chi connectivity index (χ3v) is 4.61. The fourth-order valence-electron chi connectivity index (χ4n) is 3.18. The average Bonchev–Trinajstić information content (AvgIpc) is 3.05. The summed E-state index contributed by atoms with van der Waals surface area (Å²) in [6.07, 6.45) is 7.35. The van der Waals surface area contributed by atoms with Gasteiger partial charge in [-0.3, -0.25) is 0 Å². The lowest BCUT2D eigenvalue weighted by molar-refractivity contribution is -0.0365. The summed E-state index contributed by atoms with van der Waals surface area (Å²) in [4.78, 5) is 4.56. The molecule has 6 heteroatoms. The van der Waals surface area contributed by atoms with Gasteiger partial charge in [-0.2, -0.15) is 4.98 Å². The summed E-state index contributed by atoms with van der Waals surface area (Å²) in [5.41, 5.74) is 5.23. The lowest BCUT2D eigenvalue weighted by Crippen LogP contribution is -2.38. The van der Waals surface area contributed by atoms with Gasteiger partial charge in [-0.05, 0) is 19.3 Å². The van der Waals surface area contributed by atoms with Crippen LogP contribution in [-0.2, 0) is 20.6 Å². The van der Waals surface area contributed by atoms with Crippen molar-refractivity contribution >= 4 is 0 Å². The molecule has 1 unspecified atom stereocenters. The van der Waals surface area contributed by atoms with Crippen molar-refractivity contribution in [3.05, 3.63) is 11.7 Å². The van der Waals surface area contributed by atoms with Gasteiger partial charge in [-0.1, -0.05) is 30.8 Å². The van der Waals surface area contributed by atoms with Crippen molar-refractivity contribution in [2.75, 3.05) is 20.3 Å². The van der Waals surface area contributed by atoms with E-state index in [4.69, 9.17) is 19.7 Å². The molecule has 20 heavy (non-hydrogen) atoms. The first-order chi connectivity index (χ1) is 9.69. The van der Waals surface area contributed by atoms with E-state index >= 15 is 0 Å². The Labute approximate surface area is 119 Å². The largest absolute Gasteiger partial charge is 0.379 e. The van der Waals surface area contributed by atoms with E-state index in [0.717, 1.165) is 25.7 Å². The number of nitrogens with two attached hydrogens (primary N) is 1. The minimum atomic E-state index is -0.634. The molecule has 1 saturated carbocycles. The van der Waals surface area contributed by atoms with Crippen LogP contribution in [0.2, 0.25) is 0 Å². The number of ether oxygens (including phenoxy) is 2. The van der Waals surface area contributed by atoms with Crippen LogP contribution in [0.15, 0.2) is 4.52 Å². The summed E-state index contributed by atoms with van der Waals surface area (Å²) in [5.74, 6) is 1.12. The van der Waals surface area contributed by atoms with E-state index < -0.39 is 11.1 Å². The van der Waals surface area contributed by atoms with Gasteiger partial charge >= 0.3 is 0 Å². The predicted octanol–water partition coefficient (Wildman–Crippen LogP) is 1.84. The van der Waals surface area contributed by atoms with E-state index in [1.165, 1.54) is 12.8 Å². The monoisotopic (exact) mass is 281 g/mol. The molecular weight excluding hydrogens is 258 g/mol. The molecule has 1 aromatic heterocycles. The summed E-state index contributed by atoms with van der Waals surface area (Å²) in [6.45, 7) is 1.08. The van der Waals surface area contributed by atoms with Gasteiger partial charge in [-0.15, -0.1) is 0 Å². The standard InChI is InChI=1S/C14H23N3O3/c1-18-14(6-4-2-3-5-7-14)11-16-12(20-17-11)13(15)8-9-19-10-13/h2-10,15H2,1H3. The summed E-state index contributed by atoms with van der Waals surface area (Å²) < 4.78 is 16.6. The first-order valence-electron chi connectivity index (χ1n) is 7.45. The van der Waals surface area contributed by atoms with Gasteiger partial charge < -0.3 is 19.7 Å². The molecule has 3 rings (SSSR count). The quantitative estimate of drug-likeness (QED) is 0.851. The van der Waals surface area contributed by atoms with Crippen LogP contribution in [0.5, 0.6) is 0 Å². The van der Waals surface area contributed by atoms with Gasteiger partial charge in [0.05, 0.1) is 6.61 Å².